The summed E-state index contributed by atoms with van der Waals surface area (Å²) in [7, 11) is 0. The van der Waals surface area contributed by atoms with E-state index in [1.54, 1.807) is 6.92 Å². The molecule has 1 aliphatic rings. The first-order chi connectivity index (χ1) is 5.52. The Balaban J connectivity index is 2.51. The van der Waals surface area contributed by atoms with E-state index in [9.17, 15) is 4.79 Å². The van der Waals surface area contributed by atoms with Gasteiger partial charge in [0.05, 0.1) is 12.6 Å². The van der Waals surface area contributed by atoms with Crippen molar-refractivity contribution >= 4 is 5.97 Å². The molecule has 1 rings (SSSR count). The quantitative estimate of drug-likeness (QED) is 0.578. The van der Waals surface area contributed by atoms with E-state index in [-0.39, 0.29) is 12.1 Å². The third-order valence-corrected chi connectivity index (χ3v) is 1.69. The number of ether oxygens (including phenoxy) is 2. The van der Waals surface area contributed by atoms with Crippen LogP contribution < -0.4 is 5.32 Å². The fourth-order valence-electron chi connectivity index (χ4n) is 1.38. The lowest BCUT2D eigenvalue weighted by Crippen LogP contribution is -2.53. The lowest BCUT2D eigenvalue weighted by molar-refractivity contribution is -0.246. The molecule has 0 spiro atoms. The average Bonchev–Trinajstić information content (AvgIpc) is 1.82. The van der Waals surface area contributed by atoms with Gasteiger partial charge in [0.2, 0.25) is 5.79 Å². The summed E-state index contributed by atoms with van der Waals surface area (Å²) >= 11 is 0. The van der Waals surface area contributed by atoms with Gasteiger partial charge in [-0.3, -0.25) is 4.79 Å². The van der Waals surface area contributed by atoms with Crippen LogP contribution in [0.1, 0.15) is 20.8 Å². The van der Waals surface area contributed by atoms with Crippen molar-refractivity contribution < 1.29 is 14.3 Å². The second-order valence-corrected chi connectivity index (χ2v) is 3.29. The molecule has 1 N–H and O–H groups in total. The van der Waals surface area contributed by atoms with E-state index in [0.29, 0.717) is 6.54 Å². The van der Waals surface area contributed by atoms with E-state index in [4.69, 9.17) is 9.47 Å². The Morgan fingerprint density at radius 3 is 2.92 bits per heavy atom. The van der Waals surface area contributed by atoms with E-state index in [2.05, 4.69) is 5.32 Å². The first-order valence-electron chi connectivity index (χ1n) is 4.10. The fourth-order valence-corrected chi connectivity index (χ4v) is 1.38. The molecule has 0 aromatic heterocycles. The highest BCUT2D eigenvalue weighted by Gasteiger charge is 2.33. The molecule has 1 fully saturated rings. The molecule has 70 valence electrons. The summed E-state index contributed by atoms with van der Waals surface area (Å²) in [6.07, 6.45) is 0.0862. The molecular formula is C8H15NO3. The number of nitrogens with one attached hydrogen (secondary N) is 1. The zero-order valence-corrected chi connectivity index (χ0v) is 7.72. The summed E-state index contributed by atoms with van der Waals surface area (Å²) in [6.45, 7) is 6.44. The number of morpholine rings is 1. The second kappa shape index (κ2) is 3.41. The maximum atomic E-state index is 10.7. The van der Waals surface area contributed by atoms with E-state index in [1.807, 2.05) is 6.92 Å². The molecule has 1 heterocycles. The number of esters is 1. The van der Waals surface area contributed by atoms with Crippen LogP contribution in [0.4, 0.5) is 0 Å². The van der Waals surface area contributed by atoms with Crippen molar-refractivity contribution in [2.45, 2.75) is 32.7 Å². The van der Waals surface area contributed by atoms with E-state index >= 15 is 0 Å². The van der Waals surface area contributed by atoms with Gasteiger partial charge in [-0.1, -0.05) is 0 Å². The van der Waals surface area contributed by atoms with Gasteiger partial charge in [0.1, 0.15) is 0 Å². The zero-order valence-electron chi connectivity index (χ0n) is 7.72. The smallest absolute Gasteiger partial charge is 0.305 e. The van der Waals surface area contributed by atoms with Gasteiger partial charge in [-0.2, -0.15) is 0 Å². The number of carbonyl (C=O) groups excluding carboxylic acids is 1. The first-order valence-corrected chi connectivity index (χ1v) is 4.10. The summed E-state index contributed by atoms with van der Waals surface area (Å²) < 4.78 is 10.5. The molecule has 0 radical (unpaired) electrons. The molecule has 4 heteroatoms. The lowest BCUT2D eigenvalue weighted by Gasteiger charge is -2.36. The third-order valence-electron chi connectivity index (χ3n) is 1.69. The number of rotatable bonds is 1. The maximum absolute atomic E-state index is 10.7. The van der Waals surface area contributed by atoms with Gasteiger partial charge in [0.15, 0.2) is 0 Å². The second-order valence-electron chi connectivity index (χ2n) is 3.29. The minimum absolute atomic E-state index is 0.0862. The van der Waals surface area contributed by atoms with Crippen LogP contribution in [0.5, 0.6) is 0 Å². The van der Waals surface area contributed by atoms with Crippen LogP contribution in [-0.2, 0) is 14.3 Å². The van der Waals surface area contributed by atoms with Crippen molar-refractivity contribution in [1.29, 1.82) is 0 Å². The maximum Gasteiger partial charge on any atom is 0.305 e. The van der Waals surface area contributed by atoms with Crippen LogP contribution >= 0.6 is 0 Å². The molecule has 2 unspecified atom stereocenters. The molecule has 0 aromatic carbocycles. The Morgan fingerprint density at radius 1 is 1.75 bits per heavy atom. The van der Waals surface area contributed by atoms with Crippen LogP contribution in [0.25, 0.3) is 0 Å². The minimum atomic E-state index is -0.788. The highest BCUT2D eigenvalue weighted by atomic mass is 16.7. The van der Waals surface area contributed by atoms with E-state index < -0.39 is 5.79 Å². The molecule has 0 saturated carbocycles. The first kappa shape index (κ1) is 9.48. The molecule has 4 nitrogen and oxygen atoms in total. The molecule has 2 atom stereocenters. The van der Waals surface area contributed by atoms with Crippen molar-refractivity contribution in [3.8, 4) is 0 Å². The minimum Gasteiger partial charge on any atom is -0.432 e. The molecule has 0 aliphatic carbocycles. The van der Waals surface area contributed by atoms with Crippen molar-refractivity contribution in [2.75, 3.05) is 13.1 Å². The lowest BCUT2D eigenvalue weighted by atomic mass is 10.2. The summed E-state index contributed by atoms with van der Waals surface area (Å²) in [4.78, 5) is 10.7. The Bertz CT molecular complexity index is 183. The molecule has 12 heavy (non-hydrogen) atoms. The number of hydrogen-bond acceptors (Lipinski definition) is 4. The van der Waals surface area contributed by atoms with E-state index in [1.165, 1.54) is 6.92 Å². The Hall–Kier alpha value is -0.610. The summed E-state index contributed by atoms with van der Waals surface area (Å²) in [5, 5.41) is 3.13. The van der Waals surface area contributed by atoms with Gasteiger partial charge in [0, 0.05) is 20.4 Å². The van der Waals surface area contributed by atoms with Crippen molar-refractivity contribution in [3.63, 3.8) is 0 Å². The Labute approximate surface area is 72.2 Å². The standard InChI is InChI=1S/C8H15NO3/c1-6-4-9-5-8(3,11-6)12-7(2)10/h6,9H,4-5H2,1-3H3. The fraction of sp³-hybridized carbons (Fsp3) is 0.875. The van der Waals surface area contributed by atoms with Crippen molar-refractivity contribution in [1.82, 2.24) is 5.32 Å². The predicted molar refractivity (Wildman–Crippen MR) is 43.6 cm³/mol. The van der Waals surface area contributed by atoms with Crippen LogP contribution in [0.2, 0.25) is 0 Å². The SMILES string of the molecule is CC(=O)OC1(C)CNCC(C)O1. The Kier molecular flexibility index (Phi) is 2.69. The van der Waals surface area contributed by atoms with E-state index in [0.717, 1.165) is 6.54 Å². The summed E-state index contributed by atoms with van der Waals surface area (Å²) in [5.41, 5.74) is 0. The van der Waals surface area contributed by atoms with Gasteiger partial charge in [-0.15, -0.1) is 0 Å². The average molecular weight is 173 g/mol. The molecule has 0 bridgehead atoms. The highest BCUT2D eigenvalue weighted by molar-refractivity contribution is 5.66. The normalized spacial score (nSPS) is 36.1. The van der Waals surface area contributed by atoms with Crippen LogP contribution in [0.3, 0.4) is 0 Å². The molecule has 0 amide bonds. The van der Waals surface area contributed by atoms with Crippen LogP contribution in [-0.4, -0.2) is 30.9 Å². The van der Waals surface area contributed by atoms with Gasteiger partial charge in [0.25, 0.3) is 0 Å². The molecule has 1 saturated heterocycles. The van der Waals surface area contributed by atoms with Crippen molar-refractivity contribution in [2.24, 2.45) is 0 Å². The van der Waals surface area contributed by atoms with Crippen LogP contribution in [0, 0.1) is 0 Å². The molecule has 0 aromatic rings. The van der Waals surface area contributed by atoms with Gasteiger partial charge in [-0.25, -0.2) is 0 Å². The zero-order chi connectivity index (χ0) is 9.19. The number of hydrogen-bond donors (Lipinski definition) is 1. The topological polar surface area (TPSA) is 47.6 Å². The monoisotopic (exact) mass is 173 g/mol. The largest absolute Gasteiger partial charge is 0.432 e. The van der Waals surface area contributed by atoms with Crippen LogP contribution in [0.15, 0.2) is 0 Å². The predicted octanol–water partition coefficient (Wildman–Crippen LogP) is 0.274. The Morgan fingerprint density at radius 2 is 2.42 bits per heavy atom. The third kappa shape index (κ3) is 2.46. The van der Waals surface area contributed by atoms with Crippen molar-refractivity contribution in [3.05, 3.63) is 0 Å². The number of carbonyl (C=O) groups is 1. The molecule has 1 aliphatic heterocycles. The summed E-state index contributed by atoms with van der Waals surface area (Å²) in [5.74, 6) is -1.10. The molecular weight excluding hydrogens is 158 g/mol. The van der Waals surface area contributed by atoms with Gasteiger partial charge >= 0.3 is 5.97 Å². The van der Waals surface area contributed by atoms with Gasteiger partial charge in [-0.05, 0) is 6.92 Å². The highest BCUT2D eigenvalue weighted by Crippen LogP contribution is 2.17. The van der Waals surface area contributed by atoms with Gasteiger partial charge < -0.3 is 14.8 Å². The summed E-state index contributed by atoms with van der Waals surface area (Å²) in [6, 6.07) is 0.